The van der Waals surface area contributed by atoms with E-state index < -0.39 is 46.3 Å². The number of hydrogen-bond donors (Lipinski definition) is 2. The van der Waals surface area contributed by atoms with Crippen LogP contribution in [0.5, 0.6) is 0 Å². The van der Waals surface area contributed by atoms with E-state index in [2.05, 4.69) is 0 Å². The Kier molecular flexibility index (Phi) is 3.47. The van der Waals surface area contributed by atoms with Crippen molar-refractivity contribution in [1.82, 2.24) is 0 Å². The van der Waals surface area contributed by atoms with Crippen molar-refractivity contribution in [1.29, 1.82) is 0 Å². The fraction of sp³-hybridized carbons (Fsp3) is 0. The molecule has 0 aliphatic heterocycles. The zero-order valence-corrected chi connectivity index (χ0v) is 9.58. The second-order valence-corrected chi connectivity index (χ2v) is 3.83. The molecular weight excluding hydrogens is 286 g/mol. The molecular formula is C12H6F6N2. The summed E-state index contributed by atoms with van der Waals surface area (Å²) in [6.45, 7) is 0. The lowest BCUT2D eigenvalue weighted by Gasteiger charge is -2.12. The summed E-state index contributed by atoms with van der Waals surface area (Å²) in [6, 6.07) is 1.33. The number of hydrogen-bond acceptors (Lipinski definition) is 2. The SMILES string of the molecule is Nc1cc(F)c(Nc2c(F)c(F)cc(F)c2F)c(F)c1. The topological polar surface area (TPSA) is 38.0 Å². The molecule has 0 bridgehead atoms. The molecule has 0 atom stereocenters. The monoisotopic (exact) mass is 292 g/mol. The third-order valence-electron chi connectivity index (χ3n) is 2.43. The predicted octanol–water partition coefficient (Wildman–Crippen LogP) is 3.85. The van der Waals surface area contributed by atoms with Gasteiger partial charge in [0.15, 0.2) is 34.9 Å². The van der Waals surface area contributed by atoms with Gasteiger partial charge in [0, 0.05) is 11.8 Å². The Morgan fingerprint density at radius 1 is 0.650 bits per heavy atom. The van der Waals surface area contributed by atoms with Crippen LogP contribution in [-0.2, 0) is 0 Å². The molecule has 106 valence electrons. The quantitative estimate of drug-likeness (QED) is 0.501. The van der Waals surface area contributed by atoms with Crippen LogP contribution in [-0.4, -0.2) is 0 Å². The molecule has 0 saturated carbocycles. The molecule has 0 aliphatic rings. The third-order valence-corrected chi connectivity index (χ3v) is 2.43. The highest BCUT2D eigenvalue weighted by Crippen LogP contribution is 2.30. The van der Waals surface area contributed by atoms with Gasteiger partial charge < -0.3 is 11.1 Å². The lowest BCUT2D eigenvalue weighted by atomic mass is 10.2. The second-order valence-electron chi connectivity index (χ2n) is 3.83. The van der Waals surface area contributed by atoms with Gasteiger partial charge in [-0.15, -0.1) is 0 Å². The van der Waals surface area contributed by atoms with E-state index in [9.17, 15) is 26.3 Å². The molecule has 0 amide bonds. The predicted molar refractivity (Wildman–Crippen MR) is 60.3 cm³/mol. The molecule has 0 radical (unpaired) electrons. The molecule has 0 aromatic heterocycles. The van der Waals surface area contributed by atoms with Gasteiger partial charge in [-0.1, -0.05) is 0 Å². The molecule has 0 spiro atoms. The van der Waals surface area contributed by atoms with Crippen LogP contribution in [0.4, 0.5) is 43.4 Å². The standard InChI is InChI=1S/C12H6F6N2/c13-5-3-6(14)10(18)12(9(5)17)20-11-7(15)1-4(19)2-8(11)16/h1-3,20H,19H2. The van der Waals surface area contributed by atoms with E-state index in [1.165, 1.54) is 0 Å². The van der Waals surface area contributed by atoms with E-state index in [1.807, 2.05) is 0 Å². The fourth-order valence-electron chi connectivity index (χ4n) is 1.52. The lowest BCUT2D eigenvalue weighted by Crippen LogP contribution is -2.06. The van der Waals surface area contributed by atoms with Gasteiger partial charge >= 0.3 is 0 Å². The summed E-state index contributed by atoms with van der Waals surface area (Å²) in [5.41, 5.74) is 2.56. The van der Waals surface area contributed by atoms with Crippen LogP contribution in [0, 0.1) is 34.9 Å². The fourth-order valence-corrected chi connectivity index (χ4v) is 1.52. The Hall–Kier alpha value is -2.38. The number of halogens is 6. The Morgan fingerprint density at radius 2 is 1.10 bits per heavy atom. The van der Waals surface area contributed by atoms with Crippen molar-refractivity contribution in [2.45, 2.75) is 0 Å². The average molecular weight is 292 g/mol. The average Bonchev–Trinajstić information content (AvgIpc) is 2.34. The minimum absolute atomic E-state index is 0.0223. The highest BCUT2D eigenvalue weighted by Gasteiger charge is 2.21. The third kappa shape index (κ3) is 2.36. The molecule has 0 heterocycles. The van der Waals surface area contributed by atoms with E-state index in [0.717, 1.165) is 0 Å². The normalized spacial score (nSPS) is 10.7. The number of rotatable bonds is 2. The Morgan fingerprint density at radius 3 is 1.55 bits per heavy atom. The van der Waals surface area contributed by atoms with E-state index >= 15 is 0 Å². The maximum absolute atomic E-state index is 13.4. The summed E-state index contributed by atoms with van der Waals surface area (Å²) in [6.07, 6.45) is 0. The first-order chi connectivity index (χ1) is 9.31. The molecule has 2 aromatic rings. The van der Waals surface area contributed by atoms with Crippen LogP contribution < -0.4 is 11.1 Å². The Labute approximate surface area is 108 Å². The molecule has 2 nitrogen and oxygen atoms in total. The molecule has 0 aliphatic carbocycles. The van der Waals surface area contributed by atoms with Gasteiger partial charge in [-0.05, 0) is 12.1 Å². The summed E-state index contributed by atoms with van der Waals surface area (Å²) in [7, 11) is 0. The summed E-state index contributed by atoms with van der Waals surface area (Å²) < 4.78 is 79.5. The molecule has 3 N–H and O–H groups in total. The summed E-state index contributed by atoms with van der Waals surface area (Å²) in [4.78, 5) is 0. The van der Waals surface area contributed by atoms with Gasteiger partial charge in [0.05, 0.1) is 0 Å². The van der Waals surface area contributed by atoms with Crippen LogP contribution in [0.3, 0.4) is 0 Å². The first-order valence-corrected chi connectivity index (χ1v) is 5.15. The summed E-state index contributed by atoms with van der Waals surface area (Å²) in [5.74, 6) is -9.57. The smallest absolute Gasteiger partial charge is 0.185 e. The van der Waals surface area contributed by atoms with E-state index in [4.69, 9.17) is 5.73 Å². The van der Waals surface area contributed by atoms with E-state index in [1.54, 1.807) is 5.32 Å². The van der Waals surface area contributed by atoms with Crippen LogP contribution in [0.15, 0.2) is 18.2 Å². The zero-order valence-electron chi connectivity index (χ0n) is 9.58. The van der Waals surface area contributed by atoms with Crippen LogP contribution in [0.1, 0.15) is 0 Å². The number of anilines is 3. The molecule has 0 fully saturated rings. The van der Waals surface area contributed by atoms with Crippen molar-refractivity contribution < 1.29 is 26.3 Å². The van der Waals surface area contributed by atoms with Gasteiger partial charge in [-0.25, -0.2) is 26.3 Å². The van der Waals surface area contributed by atoms with Crippen molar-refractivity contribution in [2.75, 3.05) is 11.1 Å². The maximum atomic E-state index is 13.4. The van der Waals surface area contributed by atoms with Gasteiger partial charge in [-0.2, -0.15) is 0 Å². The first kappa shape index (κ1) is 14.0. The highest BCUT2D eigenvalue weighted by molar-refractivity contribution is 5.64. The summed E-state index contributed by atoms with van der Waals surface area (Å²) >= 11 is 0. The van der Waals surface area contributed by atoms with Gasteiger partial charge in [0.1, 0.15) is 11.4 Å². The minimum Gasteiger partial charge on any atom is -0.399 e. The van der Waals surface area contributed by atoms with Crippen LogP contribution in [0.2, 0.25) is 0 Å². The molecule has 20 heavy (non-hydrogen) atoms. The number of nitrogens with one attached hydrogen (secondary N) is 1. The van der Waals surface area contributed by atoms with Crippen molar-refractivity contribution >= 4 is 17.1 Å². The van der Waals surface area contributed by atoms with Gasteiger partial charge in [-0.3, -0.25) is 0 Å². The van der Waals surface area contributed by atoms with Gasteiger partial charge in [0.25, 0.3) is 0 Å². The largest absolute Gasteiger partial charge is 0.399 e. The van der Waals surface area contributed by atoms with Crippen molar-refractivity contribution in [3.05, 3.63) is 53.1 Å². The molecule has 0 unspecified atom stereocenters. The second kappa shape index (κ2) is 4.95. The highest BCUT2D eigenvalue weighted by atomic mass is 19.2. The molecule has 8 heteroatoms. The van der Waals surface area contributed by atoms with E-state index in [-0.39, 0.29) is 11.8 Å². The Balaban J connectivity index is 2.56. The maximum Gasteiger partial charge on any atom is 0.185 e. The number of nitrogens with two attached hydrogens (primary N) is 1. The number of benzene rings is 2. The van der Waals surface area contributed by atoms with Crippen LogP contribution >= 0.6 is 0 Å². The Bertz CT molecular complexity index is 637. The summed E-state index contributed by atoms with van der Waals surface area (Å²) in [5, 5.41) is 1.65. The van der Waals surface area contributed by atoms with E-state index in [0.29, 0.717) is 12.1 Å². The molecule has 0 saturated heterocycles. The van der Waals surface area contributed by atoms with Crippen molar-refractivity contribution in [3.8, 4) is 0 Å². The lowest BCUT2D eigenvalue weighted by molar-refractivity contribution is 0.459. The van der Waals surface area contributed by atoms with Gasteiger partial charge in [0.2, 0.25) is 0 Å². The number of nitrogen functional groups attached to an aromatic ring is 1. The molecule has 2 rings (SSSR count). The minimum atomic E-state index is -1.81. The molecule has 2 aromatic carbocycles. The first-order valence-electron chi connectivity index (χ1n) is 5.15. The van der Waals surface area contributed by atoms with Crippen LogP contribution in [0.25, 0.3) is 0 Å². The van der Waals surface area contributed by atoms with Crippen molar-refractivity contribution in [3.63, 3.8) is 0 Å². The van der Waals surface area contributed by atoms with Crippen molar-refractivity contribution in [2.24, 2.45) is 0 Å². The zero-order chi connectivity index (χ0) is 15.0.